The zero-order chi connectivity index (χ0) is 16.3. The molecule has 1 spiro atoms. The first-order valence-corrected chi connectivity index (χ1v) is 8.36. The maximum absolute atomic E-state index is 12.6. The molecule has 6 nitrogen and oxygen atoms in total. The van der Waals surface area contributed by atoms with Crippen LogP contribution in [0, 0.1) is 6.92 Å². The SMILES string of the molecule is Cc1cncc(C(=O)N2CC3(C2)OCc2nc(C4CC4)ncc23)c1. The van der Waals surface area contributed by atoms with Crippen LogP contribution in [0.4, 0.5) is 0 Å². The van der Waals surface area contributed by atoms with E-state index in [4.69, 9.17) is 4.74 Å². The first kappa shape index (κ1) is 14.0. The molecule has 1 saturated heterocycles. The Hall–Kier alpha value is -2.34. The molecule has 0 unspecified atom stereocenters. The molecule has 0 atom stereocenters. The van der Waals surface area contributed by atoms with E-state index in [1.54, 1.807) is 17.3 Å². The molecule has 1 amide bonds. The van der Waals surface area contributed by atoms with E-state index in [-0.39, 0.29) is 5.91 Å². The van der Waals surface area contributed by atoms with Crippen LogP contribution in [0.5, 0.6) is 0 Å². The van der Waals surface area contributed by atoms with Crippen molar-refractivity contribution in [3.05, 3.63) is 52.9 Å². The minimum absolute atomic E-state index is 0.00407. The predicted octanol–water partition coefficient (Wildman–Crippen LogP) is 1.94. The van der Waals surface area contributed by atoms with Gasteiger partial charge in [-0.3, -0.25) is 9.78 Å². The summed E-state index contributed by atoms with van der Waals surface area (Å²) in [6, 6.07) is 1.87. The van der Waals surface area contributed by atoms with E-state index in [0.717, 1.165) is 22.6 Å². The number of fused-ring (bicyclic) bond motifs is 2. The Bertz CT molecular complexity index is 841. The van der Waals surface area contributed by atoms with Gasteiger partial charge in [-0.1, -0.05) is 0 Å². The fraction of sp³-hybridized carbons (Fsp3) is 0.444. The zero-order valence-electron chi connectivity index (χ0n) is 13.5. The number of nitrogens with zero attached hydrogens (tertiary/aromatic N) is 4. The van der Waals surface area contributed by atoms with Crippen LogP contribution in [0.25, 0.3) is 0 Å². The van der Waals surface area contributed by atoms with E-state index in [9.17, 15) is 4.79 Å². The Morgan fingerprint density at radius 3 is 2.88 bits per heavy atom. The van der Waals surface area contributed by atoms with Gasteiger partial charge in [0.25, 0.3) is 5.91 Å². The number of hydrogen-bond acceptors (Lipinski definition) is 5. The van der Waals surface area contributed by atoms with Crippen molar-refractivity contribution in [3.8, 4) is 0 Å². The van der Waals surface area contributed by atoms with Crippen molar-refractivity contribution in [2.24, 2.45) is 0 Å². The Labute approximate surface area is 139 Å². The fourth-order valence-electron chi connectivity index (χ4n) is 3.58. The maximum atomic E-state index is 12.6. The molecule has 0 radical (unpaired) electrons. The van der Waals surface area contributed by atoms with Gasteiger partial charge < -0.3 is 9.64 Å². The number of aryl methyl sites for hydroxylation is 1. The van der Waals surface area contributed by atoms with Gasteiger partial charge in [-0.25, -0.2) is 9.97 Å². The Morgan fingerprint density at radius 2 is 2.12 bits per heavy atom. The molecule has 6 heteroatoms. The summed E-state index contributed by atoms with van der Waals surface area (Å²) >= 11 is 0. The molecule has 0 aromatic carbocycles. The summed E-state index contributed by atoms with van der Waals surface area (Å²) in [4.78, 5) is 27.7. The number of pyridine rings is 1. The molecule has 5 rings (SSSR count). The van der Waals surface area contributed by atoms with E-state index in [2.05, 4.69) is 15.0 Å². The zero-order valence-corrected chi connectivity index (χ0v) is 13.5. The van der Waals surface area contributed by atoms with Crippen molar-refractivity contribution in [1.29, 1.82) is 0 Å². The second kappa shape index (κ2) is 4.83. The molecule has 1 aliphatic carbocycles. The van der Waals surface area contributed by atoms with Gasteiger partial charge in [0.15, 0.2) is 0 Å². The lowest BCUT2D eigenvalue weighted by Crippen LogP contribution is -2.61. The van der Waals surface area contributed by atoms with Crippen LogP contribution in [-0.2, 0) is 16.9 Å². The highest BCUT2D eigenvalue weighted by Gasteiger charge is 2.52. The van der Waals surface area contributed by atoms with E-state index >= 15 is 0 Å². The molecular weight excluding hydrogens is 304 g/mol. The molecule has 4 heterocycles. The molecule has 2 aromatic heterocycles. The molecule has 0 bridgehead atoms. The number of aromatic nitrogens is 3. The standard InChI is InChI=1S/C18H18N4O2/c1-11-4-13(6-19-5-11)17(23)22-9-18(10-22)14-7-20-16(12-2-3-12)21-15(14)8-24-18/h4-7,12H,2-3,8-10H2,1H3. The average molecular weight is 322 g/mol. The smallest absolute Gasteiger partial charge is 0.255 e. The lowest BCUT2D eigenvalue weighted by Gasteiger charge is -2.47. The first-order chi connectivity index (χ1) is 11.6. The summed E-state index contributed by atoms with van der Waals surface area (Å²) in [5.41, 5.74) is 3.25. The number of rotatable bonds is 2. The topological polar surface area (TPSA) is 68.2 Å². The molecule has 2 aliphatic heterocycles. The molecule has 2 aromatic rings. The van der Waals surface area contributed by atoms with Gasteiger partial charge in [-0.15, -0.1) is 0 Å². The molecular formula is C18H18N4O2. The molecule has 3 aliphatic rings. The quantitative estimate of drug-likeness (QED) is 0.845. The minimum Gasteiger partial charge on any atom is -0.360 e. The number of carbonyl (C=O) groups is 1. The van der Waals surface area contributed by atoms with Crippen LogP contribution >= 0.6 is 0 Å². The van der Waals surface area contributed by atoms with E-state index in [0.29, 0.717) is 31.2 Å². The van der Waals surface area contributed by atoms with Gasteiger partial charge in [-0.2, -0.15) is 0 Å². The third-order valence-corrected chi connectivity index (χ3v) is 5.11. The highest BCUT2D eigenvalue weighted by molar-refractivity contribution is 5.94. The third-order valence-electron chi connectivity index (χ3n) is 5.11. The van der Waals surface area contributed by atoms with Crippen LogP contribution in [0.3, 0.4) is 0 Å². The summed E-state index contributed by atoms with van der Waals surface area (Å²) in [5.74, 6) is 1.50. The largest absolute Gasteiger partial charge is 0.360 e. The molecule has 122 valence electrons. The second-order valence-electron chi connectivity index (χ2n) is 7.06. The summed E-state index contributed by atoms with van der Waals surface area (Å²) < 4.78 is 6.03. The maximum Gasteiger partial charge on any atom is 0.255 e. The highest BCUT2D eigenvalue weighted by Crippen LogP contribution is 2.44. The Kier molecular flexibility index (Phi) is 2.83. The molecule has 2 fully saturated rings. The van der Waals surface area contributed by atoms with Crippen LogP contribution in [0.1, 0.15) is 51.8 Å². The van der Waals surface area contributed by atoms with Crippen molar-refractivity contribution < 1.29 is 9.53 Å². The number of carbonyl (C=O) groups excluding carboxylic acids is 1. The lowest BCUT2D eigenvalue weighted by atomic mass is 9.87. The summed E-state index contributed by atoms with van der Waals surface area (Å²) in [6.45, 7) is 3.57. The Balaban J connectivity index is 1.36. The van der Waals surface area contributed by atoms with Crippen molar-refractivity contribution >= 4 is 5.91 Å². The van der Waals surface area contributed by atoms with Crippen LogP contribution in [0.15, 0.2) is 24.7 Å². The fourth-order valence-corrected chi connectivity index (χ4v) is 3.58. The van der Waals surface area contributed by atoms with Gasteiger partial charge in [0, 0.05) is 30.1 Å². The van der Waals surface area contributed by atoms with Crippen molar-refractivity contribution in [1.82, 2.24) is 19.9 Å². The van der Waals surface area contributed by atoms with Gasteiger partial charge in [0.1, 0.15) is 11.4 Å². The van der Waals surface area contributed by atoms with E-state index in [1.165, 1.54) is 12.8 Å². The van der Waals surface area contributed by atoms with E-state index in [1.807, 2.05) is 19.2 Å². The summed E-state index contributed by atoms with van der Waals surface area (Å²) in [6.07, 6.45) is 7.67. The third kappa shape index (κ3) is 2.06. The van der Waals surface area contributed by atoms with Gasteiger partial charge in [0.2, 0.25) is 0 Å². The second-order valence-corrected chi connectivity index (χ2v) is 7.06. The van der Waals surface area contributed by atoms with Gasteiger partial charge in [0.05, 0.1) is 31.0 Å². The lowest BCUT2D eigenvalue weighted by molar-refractivity contribution is -0.126. The number of ether oxygens (including phenoxy) is 1. The van der Waals surface area contributed by atoms with Gasteiger partial charge >= 0.3 is 0 Å². The van der Waals surface area contributed by atoms with Crippen molar-refractivity contribution in [2.45, 2.75) is 37.9 Å². The molecule has 0 N–H and O–H groups in total. The Morgan fingerprint density at radius 1 is 1.29 bits per heavy atom. The molecule has 1 saturated carbocycles. The van der Waals surface area contributed by atoms with Crippen molar-refractivity contribution in [3.63, 3.8) is 0 Å². The van der Waals surface area contributed by atoms with Crippen LogP contribution in [0.2, 0.25) is 0 Å². The molecule has 24 heavy (non-hydrogen) atoms. The predicted molar refractivity (Wildman–Crippen MR) is 85.4 cm³/mol. The average Bonchev–Trinajstić information content (AvgIpc) is 3.33. The first-order valence-electron chi connectivity index (χ1n) is 8.36. The normalized spacial score (nSPS) is 20.8. The van der Waals surface area contributed by atoms with Crippen molar-refractivity contribution in [2.75, 3.05) is 13.1 Å². The minimum atomic E-state index is -0.412. The van der Waals surface area contributed by atoms with Gasteiger partial charge in [-0.05, 0) is 31.4 Å². The highest BCUT2D eigenvalue weighted by atomic mass is 16.5. The number of hydrogen-bond donors (Lipinski definition) is 0. The van der Waals surface area contributed by atoms with Crippen LogP contribution in [-0.4, -0.2) is 38.8 Å². The van der Waals surface area contributed by atoms with Crippen LogP contribution < -0.4 is 0 Å². The monoisotopic (exact) mass is 322 g/mol. The number of amides is 1. The summed E-state index contributed by atoms with van der Waals surface area (Å²) in [7, 11) is 0. The summed E-state index contributed by atoms with van der Waals surface area (Å²) in [5, 5.41) is 0. The number of likely N-dealkylation sites (tertiary alicyclic amines) is 1. The van der Waals surface area contributed by atoms with E-state index < -0.39 is 5.60 Å².